The number of aromatic nitrogens is 3. The van der Waals surface area contributed by atoms with Gasteiger partial charge >= 0.3 is 0 Å². The maximum Gasteiger partial charge on any atom is 0.223 e. The molecule has 0 unspecified atom stereocenters. The van der Waals surface area contributed by atoms with Crippen molar-refractivity contribution in [1.29, 1.82) is 0 Å². The summed E-state index contributed by atoms with van der Waals surface area (Å²) in [6.45, 7) is 6.12. The first-order valence-corrected chi connectivity index (χ1v) is 7.49. The third-order valence-electron chi connectivity index (χ3n) is 4.11. The van der Waals surface area contributed by atoms with Crippen LogP contribution in [0.25, 0.3) is 0 Å². The highest BCUT2D eigenvalue weighted by molar-refractivity contribution is 5.79. The molecule has 6 nitrogen and oxygen atoms in total. The van der Waals surface area contributed by atoms with E-state index in [-0.39, 0.29) is 11.8 Å². The Morgan fingerprint density at radius 2 is 2.35 bits per heavy atom. The van der Waals surface area contributed by atoms with Gasteiger partial charge in [-0.2, -0.15) is 0 Å². The minimum atomic E-state index is 0.102. The molecular formula is C14H25N5O. The van der Waals surface area contributed by atoms with Crippen LogP contribution in [0.3, 0.4) is 0 Å². The van der Waals surface area contributed by atoms with E-state index in [4.69, 9.17) is 5.73 Å². The quantitative estimate of drug-likeness (QED) is 0.810. The van der Waals surface area contributed by atoms with Crippen molar-refractivity contribution in [3.63, 3.8) is 0 Å². The van der Waals surface area contributed by atoms with Gasteiger partial charge in [0.25, 0.3) is 0 Å². The van der Waals surface area contributed by atoms with Crippen LogP contribution in [0.1, 0.15) is 44.9 Å². The molecular weight excluding hydrogens is 254 g/mol. The number of nitrogens with one attached hydrogen (secondary N) is 1. The topological polar surface area (TPSA) is 85.8 Å². The van der Waals surface area contributed by atoms with Crippen LogP contribution < -0.4 is 11.1 Å². The summed E-state index contributed by atoms with van der Waals surface area (Å²) in [5, 5.41) is 11.1. The summed E-state index contributed by atoms with van der Waals surface area (Å²) in [5.74, 6) is 1.91. The largest absolute Gasteiger partial charge is 0.354 e. The van der Waals surface area contributed by atoms with Crippen LogP contribution in [0.2, 0.25) is 0 Å². The van der Waals surface area contributed by atoms with Gasteiger partial charge < -0.3 is 15.6 Å². The first kappa shape index (κ1) is 15.0. The molecule has 1 amide bonds. The molecule has 1 aromatic rings. The molecule has 0 aromatic carbocycles. The van der Waals surface area contributed by atoms with Crippen molar-refractivity contribution >= 4 is 5.91 Å². The van der Waals surface area contributed by atoms with Crippen LogP contribution in [-0.4, -0.2) is 33.8 Å². The van der Waals surface area contributed by atoms with Gasteiger partial charge in [0.15, 0.2) is 0 Å². The van der Waals surface area contributed by atoms with E-state index in [2.05, 4.69) is 29.4 Å². The Hall–Kier alpha value is -1.43. The highest BCUT2D eigenvalue weighted by atomic mass is 16.1. The molecule has 0 saturated heterocycles. The van der Waals surface area contributed by atoms with Gasteiger partial charge in [-0.25, -0.2) is 0 Å². The molecule has 112 valence electrons. The molecule has 20 heavy (non-hydrogen) atoms. The third-order valence-corrected chi connectivity index (χ3v) is 4.11. The fourth-order valence-electron chi connectivity index (χ4n) is 2.98. The van der Waals surface area contributed by atoms with Crippen molar-refractivity contribution in [2.75, 3.05) is 13.1 Å². The molecule has 2 rings (SSSR count). The smallest absolute Gasteiger partial charge is 0.223 e. The summed E-state index contributed by atoms with van der Waals surface area (Å²) in [6, 6.07) is 0. The molecule has 0 aliphatic heterocycles. The molecule has 6 heteroatoms. The maximum atomic E-state index is 12.2. The lowest BCUT2D eigenvalue weighted by Gasteiger charge is -2.17. The average Bonchev–Trinajstić information content (AvgIpc) is 3.06. The minimum absolute atomic E-state index is 0.102. The monoisotopic (exact) mass is 279 g/mol. The number of amides is 1. The molecule has 1 aliphatic rings. The number of rotatable bonds is 6. The van der Waals surface area contributed by atoms with Crippen molar-refractivity contribution in [2.24, 2.45) is 17.6 Å². The van der Waals surface area contributed by atoms with E-state index in [0.29, 0.717) is 31.5 Å². The lowest BCUT2D eigenvalue weighted by Crippen LogP contribution is -2.36. The predicted octanol–water partition coefficient (Wildman–Crippen LogP) is 0.893. The van der Waals surface area contributed by atoms with Gasteiger partial charge in [-0.15, -0.1) is 10.2 Å². The Morgan fingerprint density at radius 3 is 3.05 bits per heavy atom. The van der Waals surface area contributed by atoms with Gasteiger partial charge in [-0.3, -0.25) is 4.79 Å². The average molecular weight is 279 g/mol. The van der Waals surface area contributed by atoms with Crippen LogP contribution in [0.4, 0.5) is 0 Å². The summed E-state index contributed by atoms with van der Waals surface area (Å²) in [7, 11) is 0. The maximum absolute atomic E-state index is 12.2. The molecule has 1 heterocycles. The summed E-state index contributed by atoms with van der Waals surface area (Å²) in [5.41, 5.74) is 5.72. The molecule has 1 aromatic heterocycles. The normalized spacial score (nSPS) is 22.4. The van der Waals surface area contributed by atoms with Crippen molar-refractivity contribution < 1.29 is 4.79 Å². The summed E-state index contributed by atoms with van der Waals surface area (Å²) >= 11 is 0. The van der Waals surface area contributed by atoms with Crippen molar-refractivity contribution in [2.45, 2.75) is 45.6 Å². The zero-order valence-electron chi connectivity index (χ0n) is 12.4. The second-order valence-electron chi connectivity index (χ2n) is 5.86. The van der Waals surface area contributed by atoms with Crippen LogP contribution >= 0.6 is 0 Å². The SMILES string of the molecule is CC(C)c1nncn1CCNC(=O)[C@@H]1CCC[C@@H]1CN. The fraction of sp³-hybridized carbons (Fsp3) is 0.786. The molecule has 2 atom stereocenters. The number of carbonyl (C=O) groups is 1. The standard InChI is InChI=1S/C14H25N5O/c1-10(2)13-18-17-9-19(13)7-6-16-14(20)12-5-3-4-11(12)8-15/h9-12H,3-8,15H2,1-2H3,(H,16,20)/t11-,12-/m1/s1. The van der Waals surface area contributed by atoms with E-state index in [9.17, 15) is 4.79 Å². The molecule has 0 radical (unpaired) electrons. The number of hydrogen-bond donors (Lipinski definition) is 2. The summed E-state index contributed by atoms with van der Waals surface area (Å²) < 4.78 is 2.00. The first-order chi connectivity index (χ1) is 9.63. The molecule has 1 saturated carbocycles. The Bertz CT molecular complexity index is 443. The summed E-state index contributed by atoms with van der Waals surface area (Å²) in [6.07, 6.45) is 4.89. The van der Waals surface area contributed by atoms with Crippen LogP contribution in [0.15, 0.2) is 6.33 Å². The zero-order valence-corrected chi connectivity index (χ0v) is 12.4. The molecule has 0 bridgehead atoms. The Morgan fingerprint density at radius 1 is 1.55 bits per heavy atom. The van der Waals surface area contributed by atoms with E-state index in [1.807, 2.05) is 4.57 Å². The van der Waals surface area contributed by atoms with E-state index in [0.717, 1.165) is 25.1 Å². The van der Waals surface area contributed by atoms with E-state index in [1.165, 1.54) is 0 Å². The van der Waals surface area contributed by atoms with Crippen LogP contribution in [0, 0.1) is 11.8 Å². The number of nitrogens with two attached hydrogens (primary N) is 1. The van der Waals surface area contributed by atoms with Crippen molar-refractivity contribution in [1.82, 2.24) is 20.1 Å². The minimum Gasteiger partial charge on any atom is -0.354 e. The van der Waals surface area contributed by atoms with Gasteiger partial charge in [-0.05, 0) is 25.3 Å². The van der Waals surface area contributed by atoms with Crippen LogP contribution in [-0.2, 0) is 11.3 Å². The Kier molecular flexibility index (Phi) is 5.11. The van der Waals surface area contributed by atoms with Crippen molar-refractivity contribution in [3.05, 3.63) is 12.2 Å². The number of nitrogens with zero attached hydrogens (tertiary/aromatic N) is 3. The molecule has 0 spiro atoms. The molecule has 1 aliphatic carbocycles. The number of hydrogen-bond acceptors (Lipinski definition) is 4. The van der Waals surface area contributed by atoms with E-state index in [1.54, 1.807) is 6.33 Å². The highest BCUT2D eigenvalue weighted by Crippen LogP contribution is 2.30. The van der Waals surface area contributed by atoms with E-state index < -0.39 is 0 Å². The van der Waals surface area contributed by atoms with E-state index >= 15 is 0 Å². The Balaban J connectivity index is 1.81. The first-order valence-electron chi connectivity index (χ1n) is 7.49. The van der Waals surface area contributed by atoms with Gasteiger partial charge in [0.1, 0.15) is 12.2 Å². The van der Waals surface area contributed by atoms with Gasteiger partial charge in [0, 0.05) is 24.9 Å². The lowest BCUT2D eigenvalue weighted by molar-refractivity contribution is -0.125. The highest BCUT2D eigenvalue weighted by Gasteiger charge is 2.31. The second kappa shape index (κ2) is 6.83. The van der Waals surface area contributed by atoms with Gasteiger partial charge in [0.05, 0.1) is 0 Å². The van der Waals surface area contributed by atoms with Gasteiger partial charge in [0.2, 0.25) is 5.91 Å². The predicted molar refractivity (Wildman–Crippen MR) is 77.0 cm³/mol. The summed E-state index contributed by atoms with van der Waals surface area (Å²) in [4.78, 5) is 12.2. The van der Waals surface area contributed by atoms with Gasteiger partial charge in [-0.1, -0.05) is 20.3 Å². The zero-order chi connectivity index (χ0) is 14.5. The second-order valence-corrected chi connectivity index (χ2v) is 5.86. The molecule has 3 N–H and O–H groups in total. The Labute approximate surface area is 120 Å². The number of carbonyl (C=O) groups excluding carboxylic acids is 1. The fourth-order valence-corrected chi connectivity index (χ4v) is 2.98. The van der Waals surface area contributed by atoms with Crippen molar-refractivity contribution in [3.8, 4) is 0 Å². The lowest BCUT2D eigenvalue weighted by atomic mass is 9.95. The van der Waals surface area contributed by atoms with Crippen LogP contribution in [0.5, 0.6) is 0 Å². The third kappa shape index (κ3) is 3.36. The molecule has 1 fully saturated rings.